The van der Waals surface area contributed by atoms with E-state index in [9.17, 15) is 15.0 Å². The molecule has 1 aliphatic carbocycles. The lowest BCUT2D eigenvalue weighted by atomic mass is 9.78. The van der Waals surface area contributed by atoms with Gasteiger partial charge < -0.3 is 25.0 Å². The summed E-state index contributed by atoms with van der Waals surface area (Å²) in [4.78, 5) is 12.5. The maximum Gasteiger partial charge on any atom is 0.252 e. The zero-order valence-electron chi connectivity index (χ0n) is 14.2. The van der Waals surface area contributed by atoms with Crippen molar-refractivity contribution < 1.29 is 24.5 Å². The Kier molecular flexibility index (Phi) is 6.98. The molecule has 1 saturated carbocycles. The van der Waals surface area contributed by atoms with Crippen LogP contribution in [0.2, 0.25) is 5.02 Å². The van der Waals surface area contributed by atoms with E-state index in [0.29, 0.717) is 5.02 Å². The summed E-state index contributed by atoms with van der Waals surface area (Å²) in [6.07, 6.45) is -1.32. The molecule has 0 aliphatic heterocycles. The number of hydrogen-bond donors (Lipinski definition) is 3. The third kappa shape index (κ3) is 4.80. The van der Waals surface area contributed by atoms with E-state index in [-0.39, 0.29) is 32.0 Å². The third-order valence-electron chi connectivity index (χ3n) is 4.32. The van der Waals surface area contributed by atoms with Crippen LogP contribution in [0.4, 0.5) is 0 Å². The highest BCUT2D eigenvalue weighted by Gasteiger charge is 2.51. The van der Waals surface area contributed by atoms with Gasteiger partial charge in [0.25, 0.3) is 5.91 Å². The second-order valence-corrected chi connectivity index (χ2v) is 6.56. The van der Waals surface area contributed by atoms with E-state index in [1.54, 1.807) is 24.3 Å². The Hall–Kier alpha value is -1.44. The molecule has 2 rings (SSSR count). The van der Waals surface area contributed by atoms with E-state index in [0.717, 1.165) is 5.56 Å². The van der Waals surface area contributed by atoms with Crippen molar-refractivity contribution in [3.63, 3.8) is 0 Å². The van der Waals surface area contributed by atoms with E-state index in [1.807, 2.05) is 6.07 Å². The van der Waals surface area contributed by atoms with Gasteiger partial charge in [-0.05, 0) is 17.7 Å². The fourth-order valence-electron chi connectivity index (χ4n) is 3.03. The zero-order valence-corrected chi connectivity index (χ0v) is 14.9. The van der Waals surface area contributed by atoms with E-state index < -0.39 is 23.9 Å². The quantitative estimate of drug-likeness (QED) is 0.633. The molecular formula is C18H24ClNO5. The molecule has 0 heterocycles. The van der Waals surface area contributed by atoms with Crippen molar-refractivity contribution in [2.75, 3.05) is 13.7 Å². The van der Waals surface area contributed by atoms with Crippen LogP contribution >= 0.6 is 11.6 Å². The number of halogens is 1. The van der Waals surface area contributed by atoms with E-state index in [2.05, 4.69) is 11.9 Å². The van der Waals surface area contributed by atoms with Crippen LogP contribution in [-0.2, 0) is 20.9 Å². The number of carbonyl (C=O) groups is 1. The Balaban J connectivity index is 2.20. The average molecular weight is 370 g/mol. The minimum atomic E-state index is -1.30. The molecule has 0 bridgehead atoms. The van der Waals surface area contributed by atoms with Crippen LogP contribution in [-0.4, -0.2) is 53.7 Å². The highest BCUT2D eigenvalue weighted by atomic mass is 35.5. The van der Waals surface area contributed by atoms with Crippen molar-refractivity contribution in [1.29, 1.82) is 0 Å². The first-order valence-electron chi connectivity index (χ1n) is 8.11. The molecule has 1 aromatic carbocycles. The number of aliphatic hydroxyl groups is 2. The summed E-state index contributed by atoms with van der Waals surface area (Å²) in [5.74, 6) is -0.368. The number of aliphatic hydroxyl groups excluding tert-OH is 2. The molecular weight excluding hydrogens is 346 g/mol. The Bertz CT molecular complexity index is 611. The zero-order chi connectivity index (χ0) is 18.4. The van der Waals surface area contributed by atoms with Gasteiger partial charge in [-0.1, -0.05) is 29.8 Å². The van der Waals surface area contributed by atoms with Gasteiger partial charge in [-0.3, -0.25) is 4.79 Å². The van der Waals surface area contributed by atoms with Gasteiger partial charge in [0.15, 0.2) is 5.60 Å². The molecule has 0 radical (unpaired) electrons. The molecule has 25 heavy (non-hydrogen) atoms. The normalized spacial score (nSPS) is 29.2. The second-order valence-electron chi connectivity index (χ2n) is 6.12. The molecule has 3 N–H and O–H groups in total. The van der Waals surface area contributed by atoms with Gasteiger partial charge in [0.1, 0.15) is 6.10 Å². The molecule has 6 nitrogen and oxygen atoms in total. The van der Waals surface area contributed by atoms with Gasteiger partial charge in [0.05, 0.1) is 25.4 Å². The van der Waals surface area contributed by atoms with Crippen molar-refractivity contribution in [3.05, 3.63) is 47.5 Å². The van der Waals surface area contributed by atoms with Crippen LogP contribution in [0.5, 0.6) is 0 Å². The van der Waals surface area contributed by atoms with Gasteiger partial charge in [-0.15, -0.1) is 6.58 Å². The number of rotatable bonds is 7. The van der Waals surface area contributed by atoms with Crippen LogP contribution in [0.1, 0.15) is 18.4 Å². The number of hydrogen-bond acceptors (Lipinski definition) is 5. The summed E-state index contributed by atoms with van der Waals surface area (Å²) in [6.45, 7) is 3.91. The summed E-state index contributed by atoms with van der Waals surface area (Å²) in [5, 5.41) is 23.5. The summed E-state index contributed by atoms with van der Waals surface area (Å²) < 4.78 is 11.5. The van der Waals surface area contributed by atoms with Gasteiger partial charge in [0, 0.05) is 24.9 Å². The number of benzene rings is 1. The molecule has 1 aliphatic rings. The van der Waals surface area contributed by atoms with Crippen LogP contribution in [0.15, 0.2) is 36.9 Å². The number of ether oxygens (including phenoxy) is 2. The van der Waals surface area contributed by atoms with Crippen molar-refractivity contribution in [1.82, 2.24) is 5.32 Å². The first kappa shape index (κ1) is 19.9. The summed E-state index contributed by atoms with van der Waals surface area (Å²) >= 11 is 5.98. The van der Waals surface area contributed by atoms with E-state index in [1.165, 1.54) is 7.05 Å². The number of carbonyl (C=O) groups excluding carboxylic acids is 1. The van der Waals surface area contributed by atoms with Gasteiger partial charge in [-0.25, -0.2) is 0 Å². The van der Waals surface area contributed by atoms with Crippen molar-refractivity contribution in [3.8, 4) is 0 Å². The molecule has 138 valence electrons. The lowest BCUT2D eigenvalue weighted by molar-refractivity contribution is -0.196. The Morgan fingerprint density at radius 2 is 2.24 bits per heavy atom. The summed E-state index contributed by atoms with van der Waals surface area (Å²) in [6, 6.07) is 7.13. The topological polar surface area (TPSA) is 88.0 Å². The molecule has 1 amide bonds. The van der Waals surface area contributed by atoms with Gasteiger partial charge in [-0.2, -0.15) is 0 Å². The molecule has 0 saturated heterocycles. The minimum absolute atomic E-state index is 0.0254. The predicted octanol–water partition coefficient (Wildman–Crippen LogP) is 1.43. The van der Waals surface area contributed by atoms with Crippen LogP contribution in [0.3, 0.4) is 0 Å². The maximum absolute atomic E-state index is 12.5. The molecule has 0 unspecified atom stereocenters. The van der Waals surface area contributed by atoms with Gasteiger partial charge in [0.2, 0.25) is 0 Å². The molecule has 0 aromatic heterocycles. The number of nitrogens with one attached hydrogen (secondary N) is 1. The first-order chi connectivity index (χ1) is 11.9. The number of likely N-dealkylation sites (N-methyl/N-ethyl adjacent to an activating group) is 1. The smallest absolute Gasteiger partial charge is 0.252 e. The maximum atomic E-state index is 12.5. The minimum Gasteiger partial charge on any atom is -0.390 e. The molecule has 7 heteroatoms. The van der Waals surface area contributed by atoms with Crippen molar-refractivity contribution in [2.24, 2.45) is 0 Å². The summed E-state index contributed by atoms with van der Waals surface area (Å²) in [5.41, 5.74) is -0.499. The lowest BCUT2D eigenvalue weighted by Crippen LogP contribution is -2.60. The van der Waals surface area contributed by atoms with E-state index >= 15 is 0 Å². The second kappa shape index (κ2) is 8.78. The fourth-order valence-corrected chi connectivity index (χ4v) is 3.24. The summed E-state index contributed by atoms with van der Waals surface area (Å²) in [7, 11) is 1.50. The first-order valence-corrected chi connectivity index (χ1v) is 8.49. The van der Waals surface area contributed by atoms with Crippen LogP contribution in [0.25, 0.3) is 0 Å². The number of amides is 1. The largest absolute Gasteiger partial charge is 0.390 e. The van der Waals surface area contributed by atoms with Crippen LogP contribution in [0, 0.1) is 0 Å². The highest BCUT2D eigenvalue weighted by molar-refractivity contribution is 6.30. The predicted molar refractivity (Wildman–Crippen MR) is 94.2 cm³/mol. The molecule has 4 atom stereocenters. The van der Waals surface area contributed by atoms with Crippen molar-refractivity contribution in [2.45, 2.75) is 43.4 Å². The lowest BCUT2D eigenvalue weighted by Gasteiger charge is -2.43. The highest BCUT2D eigenvalue weighted by Crippen LogP contribution is 2.35. The third-order valence-corrected chi connectivity index (χ3v) is 4.55. The molecule has 1 aromatic rings. The van der Waals surface area contributed by atoms with E-state index in [4.69, 9.17) is 21.1 Å². The van der Waals surface area contributed by atoms with Crippen LogP contribution < -0.4 is 5.32 Å². The standard InChI is InChI=1S/C18H24ClNO5/c1-3-7-24-15-10-18(17(23)20-2,9-14(21)16(15)22)25-11-12-5-4-6-13(19)8-12/h3-6,8,14-16,21-22H,1,7,9-11H2,2H3,(H,20,23)/t14-,15+,16-,18+/m1/s1. The van der Waals surface area contributed by atoms with Crippen molar-refractivity contribution >= 4 is 17.5 Å². The Morgan fingerprint density at radius 3 is 2.88 bits per heavy atom. The monoisotopic (exact) mass is 369 g/mol. The average Bonchev–Trinajstić information content (AvgIpc) is 2.61. The van der Waals surface area contributed by atoms with Gasteiger partial charge >= 0.3 is 0 Å². The molecule has 1 fully saturated rings. The Morgan fingerprint density at radius 1 is 1.48 bits per heavy atom. The SMILES string of the molecule is C=CCO[C@H]1C[C@](OCc2cccc(Cl)c2)(C(=O)NC)C[C@@H](O)[C@H]1O. The fraction of sp³-hybridized carbons (Fsp3) is 0.500. The molecule has 0 spiro atoms. The Labute approximate surface area is 152 Å².